The van der Waals surface area contributed by atoms with Crippen LogP contribution in [-0.2, 0) is 25.7 Å². The lowest BCUT2D eigenvalue weighted by atomic mass is 10.2. The summed E-state index contributed by atoms with van der Waals surface area (Å²) in [6.07, 6.45) is -0.849. The number of aliphatic carboxylic acids is 1. The SMILES string of the molecule is CC(=O)OCCN(CCC(=O)O)C(=O)OCc1ccccc1. The molecule has 7 nitrogen and oxygen atoms in total. The van der Waals surface area contributed by atoms with Crippen LogP contribution in [0, 0.1) is 0 Å². The molecule has 0 atom stereocenters. The van der Waals surface area contributed by atoms with E-state index in [1.807, 2.05) is 30.3 Å². The molecule has 0 saturated carbocycles. The maximum atomic E-state index is 12.0. The molecule has 7 heteroatoms. The number of carboxylic acid groups (broad SMARTS) is 1. The lowest BCUT2D eigenvalue weighted by Gasteiger charge is -2.21. The molecule has 0 fully saturated rings. The molecule has 0 spiro atoms. The third kappa shape index (κ3) is 7.28. The fourth-order valence-electron chi connectivity index (χ4n) is 1.64. The molecule has 1 aromatic rings. The number of benzene rings is 1. The molecule has 0 heterocycles. The van der Waals surface area contributed by atoms with E-state index in [1.165, 1.54) is 11.8 Å². The summed E-state index contributed by atoms with van der Waals surface area (Å²) < 4.78 is 9.89. The van der Waals surface area contributed by atoms with E-state index < -0.39 is 18.0 Å². The predicted octanol–water partition coefficient (Wildman–Crippen LogP) is 1.66. The normalized spacial score (nSPS) is 9.86. The van der Waals surface area contributed by atoms with Crippen molar-refractivity contribution in [2.24, 2.45) is 0 Å². The van der Waals surface area contributed by atoms with Crippen LogP contribution < -0.4 is 0 Å². The van der Waals surface area contributed by atoms with Gasteiger partial charge in [0.15, 0.2) is 0 Å². The highest BCUT2D eigenvalue weighted by Crippen LogP contribution is 2.04. The summed E-state index contributed by atoms with van der Waals surface area (Å²) >= 11 is 0. The molecule has 1 amide bonds. The smallest absolute Gasteiger partial charge is 0.410 e. The number of hydrogen-bond donors (Lipinski definition) is 1. The Morgan fingerprint density at radius 2 is 1.77 bits per heavy atom. The zero-order chi connectivity index (χ0) is 16.4. The molecule has 0 unspecified atom stereocenters. The minimum Gasteiger partial charge on any atom is -0.481 e. The van der Waals surface area contributed by atoms with Crippen LogP contribution in [-0.4, -0.2) is 47.7 Å². The Hall–Kier alpha value is -2.57. The van der Waals surface area contributed by atoms with Gasteiger partial charge in [-0.3, -0.25) is 9.59 Å². The molecule has 22 heavy (non-hydrogen) atoms. The fourth-order valence-corrected chi connectivity index (χ4v) is 1.64. The minimum atomic E-state index is -1.02. The predicted molar refractivity (Wildman–Crippen MR) is 77.1 cm³/mol. The van der Waals surface area contributed by atoms with Crippen molar-refractivity contribution in [2.75, 3.05) is 19.7 Å². The molecule has 0 radical (unpaired) electrons. The van der Waals surface area contributed by atoms with Crippen LogP contribution in [0.1, 0.15) is 18.9 Å². The Labute approximate surface area is 128 Å². The van der Waals surface area contributed by atoms with Crippen molar-refractivity contribution in [3.05, 3.63) is 35.9 Å². The first-order chi connectivity index (χ1) is 10.5. The Kier molecular flexibility index (Phi) is 7.45. The van der Waals surface area contributed by atoms with E-state index in [4.69, 9.17) is 14.6 Å². The van der Waals surface area contributed by atoms with Gasteiger partial charge in [-0.2, -0.15) is 0 Å². The Balaban J connectivity index is 2.49. The second kappa shape index (κ2) is 9.38. The third-order valence-electron chi connectivity index (χ3n) is 2.73. The Morgan fingerprint density at radius 1 is 1.09 bits per heavy atom. The van der Waals surface area contributed by atoms with E-state index in [1.54, 1.807) is 0 Å². The molecule has 0 aliphatic carbocycles. The van der Waals surface area contributed by atoms with Gasteiger partial charge >= 0.3 is 18.0 Å². The number of rotatable bonds is 8. The molecule has 0 saturated heterocycles. The molecule has 120 valence electrons. The van der Waals surface area contributed by atoms with Crippen molar-refractivity contribution >= 4 is 18.0 Å². The fraction of sp³-hybridized carbons (Fsp3) is 0.400. The van der Waals surface area contributed by atoms with E-state index >= 15 is 0 Å². The maximum Gasteiger partial charge on any atom is 0.410 e. The highest BCUT2D eigenvalue weighted by atomic mass is 16.6. The van der Waals surface area contributed by atoms with Crippen molar-refractivity contribution in [1.29, 1.82) is 0 Å². The quantitative estimate of drug-likeness (QED) is 0.734. The lowest BCUT2D eigenvalue weighted by Crippen LogP contribution is -2.36. The van der Waals surface area contributed by atoms with Crippen molar-refractivity contribution in [2.45, 2.75) is 20.0 Å². The van der Waals surface area contributed by atoms with Gasteiger partial charge in [-0.15, -0.1) is 0 Å². The van der Waals surface area contributed by atoms with Crippen LogP contribution in [0.25, 0.3) is 0 Å². The zero-order valence-corrected chi connectivity index (χ0v) is 12.4. The van der Waals surface area contributed by atoms with Crippen LogP contribution in [0.4, 0.5) is 4.79 Å². The molecule has 0 bridgehead atoms. The number of hydrogen-bond acceptors (Lipinski definition) is 5. The summed E-state index contributed by atoms with van der Waals surface area (Å²) in [5.41, 5.74) is 0.828. The number of esters is 1. The van der Waals surface area contributed by atoms with E-state index in [2.05, 4.69) is 0 Å². The third-order valence-corrected chi connectivity index (χ3v) is 2.73. The van der Waals surface area contributed by atoms with Gasteiger partial charge in [-0.1, -0.05) is 30.3 Å². The van der Waals surface area contributed by atoms with Crippen LogP contribution in [0.2, 0.25) is 0 Å². The number of carboxylic acids is 1. The number of carbonyl (C=O) groups excluding carboxylic acids is 2. The standard InChI is InChI=1S/C15H19NO6/c1-12(17)21-10-9-16(8-7-14(18)19)15(20)22-11-13-5-3-2-4-6-13/h2-6H,7-11H2,1H3,(H,18,19). The van der Waals surface area contributed by atoms with Gasteiger partial charge in [0.2, 0.25) is 0 Å². The molecule has 1 aromatic carbocycles. The molecular weight excluding hydrogens is 290 g/mol. The Morgan fingerprint density at radius 3 is 2.36 bits per heavy atom. The number of ether oxygens (including phenoxy) is 2. The van der Waals surface area contributed by atoms with Crippen LogP contribution in [0.3, 0.4) is 0 Å². The monoisotopic (exact) mass is 309 g/mol. The highest BCUT2D eigenvalue weighted by Gasteiger charge is 2.16. The summed E-state index contributed by atoms with van der Waals surface area (Å²) in [7, 11) is 0. The van der Waals surface area contributed by atoms with Gasteiger partial charge in [0.1, 0.15) is 13.2 Å². The topological polar surface area (TPSA) is 93.1 Å². The van der Waals surface area contributed by atoms with E-state index in [9.17, 15) is 14.4 Å². The summed E-state index contributed by atoms with van der Waals surface area (Å²) in [6.45, 7) is 1.42. The van der Waals surface area contributed by atoms with Crippen molar-refractivity contribution in [1.82, 2.24) is 4.90 Å². The van der Waals surface area contributed by atoms with Crippen LogP contribution >= 0.6 is 0 Å². The van der Waals surface area contributed by atoms with E-state index in [0.717, 1.165) is 5.56 Å². The lowest BCUT2D eigenvalue weighted by molar-refractivity contribution is -0.142. The number of amides is 1. The van der Waals surface area contributed by atoms with Crippen LogP contribution in [0.5, 0.6) is 0 Å². The molecule has 0 aliphatic rings. The molecular formula is C15H19NO6. The largest absolute Gasteiger partial charge is 0.481 e. The second-order valence-electron chi connectivity index (χ2n) is 4.51. The zero-order valence-electron chi connectivity index (χ0n) is 12.4. The summed E-state index contributed by atoms with van der Waals surface area (Å²) in [6, 6.07) is 9.13. The van der Waals surface area contributed by atoms with Crippen molar-refractivity contribution in [3.8, 4) is 0 Å². The summed E-state index contributed by atoms with van der Waals surface area (Å²) in [5, 5.41) is 8.70. The minimum absolute atomic E-state index is 0.00457. The van der Waals surface area contributed by atoms with Crippen LogP contribution in [0.15, 0.2) is 30.3 Å². The van der Waals surface area contributed by atoms with Gasteiger partial charge in [-0.25, -0.2) is 4.79 Å². The van der Waals surface area contributed by atoms with Crippen molar-refractivity contribution < 1.29 is 29.0 Å². The first kappa shape index (κ1) is 17.5. The second-order valence-corrected chi connectivity index (χ2v) is 4.51. The van der Waals surface area contributed by atoms with Gasteiger partial charge in [-0.05, 0) is 5.56 Å². The number of nitrogens with zero attached hydrogens (tertiary/aromatic N) is 1. The summed E-state index contributed by atoms with van der Waals surface area (Å²) in [5.74, 6) is -1.48. The molecule has 1 N–H and O–H groups in total. The van der Waals surface area contributed by atoms with Gasteiger partial charge in [0, 0.05) is 13.5 Å². The van der Waals surface area contributed by atoms with E-state index in [0.29, 0.717) is 0 Å². The molecule has 0 aromatic heterocycles. The molecule has 0 aliphatic heterocycles. The maximum absolute atomic E-state index is 12.0. The van der Waals surface area contributed by atoms with Gasteiger partial charge < -0.3 is 19.5 Å². The van der Waals surface area contributed by atoms with Crippen molar-refractivity contribution in [3.63, 3.8) is 0 Å². The average Bonchev–Trinajstić information content (AvgIpc) is 2.48. The molecule has 1 rings (SSSR count). The van der Waals surface area contributed by atoms with Gasteiger partial charge in [0.05, 0.1) is 13.0 Å². The average molecular weight is 309 g/mol. The van der Waals surface area contributed by atoms with E-state index in [-0.39, 0.29) is 32.7 Å². The summed E-state index contributed by atoms with van der Waals surface area (Å²) in [4.78, 5) is 34.5. The first-order valence-corrected chi connectivity index (χ1v) is 6.80. The first-order valence-electron chi connectivity index (χ1n) is 6.80. The highest BCUT2D eigenvalue weighted by molar-refractivity contribution is 5.70. The Bertz CT molecular complexity index is 502. The van der Waals surface area contributed by atoms with Gasteiger partial charge in [0.25, 0.3) is 0 Å². The number of carbonyl (C=O) groups is 3.